The van der Waals surface area contributed by atoms with Crippen LogP contribution in [0.1, 0.15) is 18.4 Å². The molecule has 2 nitrogen and oxygen atoms in total. The van der Waals surface area contributed by atoms with Gasteiger partial charge in [0.05, 0.1) is 18.2 Å². The molecule has 19 heavy (non-hydrogen) atoms. The zero-order valence-electron chi connectivity index (χ0n) is 10.4. The molecule has 1 fully saturated rings. The molecule has 0 aromatic heterocycles. The number of nitrogens with one attached hydrogen (secondary N) is 1. The molecule has 2 rings (SSSR count). The molecule has 1 saturated carbocycles. The van der Waals surface area contributed by atoms with Crippen molar-refractivity contribution in [1.82, 2.24) is 0 Å². The smallest absolute Gasteiger partial charge is 0.383 e. The van der Waals surface area contributed by atoms with E-state index in [0.717, 1.165) is 25.0 Å². The predicted octanol–water partition coefficient (Wildman–Crippen LogP) is 4.20. The van der Waals surface area contributed by atoms with Crippen molar-refractivity contribution >= 4 is 17.3 Å². The third kappa shape index (κ3) is 4.01. The summed E-state index contributed by atoms with van der Waals surface area (Å²) in [4.78, 5) is 0. The molecule has 1 unspecified atom stereocenters. The van der Waals surface area contributed by atoms with Crippen molar-refractivity contribution in [2.45, 2.75) is 25.1 Å². The number of rotatable bonds is 5. The summed E-state index contributed by atoms with van der Waals surface area (Å²) < 4.78 is 43.2. The van der Waals surface area contributed by atoms with Gasteiger partial charge < -0.3 is 10.1 Å². The van der Waals surface area contributed by atoms with E-state index in [1.54, 1.807) is 7.11 Å². The van der Waals surface area contributed by atoms with E-state index in [1.165, 1.54) is 6.07 Å². The van der Waals surface area contributed by atoms with Crippen LogP contribution in [0.3, 0.4) is 0 Å². The van der Waals surface area contributed by atoms with Crippen molar-refractivity contribution in [3.63, 3.8) is 0 Å². The van der Waals surface area contributed by atoms with Gasteiger partial charge in [0, 0.05) is 17.8 Å². The first kappa shape index (κ1) is 14.5. The molecule has 1 atom stereocenters. The molecule has 1 aromatic rings. The average molecular weight is 294 g/mol. The topological polar surface area (TPSA) is 21.3 Å². The SMILES string of the molecule is COCC(Nc1cc(Cl)cc(C(F)(F)F)c1)C1CC1. The molecular formula is C13H15ClF3NO. The van der Waals surface area contributed by atoms with Gasteiger partial charge in [-0.05, 0) is 37.0 Å². The van der Waals surface area contributed by atoms with Crippen molar-refractivity contribution in [2.75, 3.05) is 19.0 Å². The third-order valence-electron chi connectivity index (χ3n) is 3.11. The molecule has 106 valence electrons. The molecule has 0 radical (unpaired) electrons. The van der Waals surface area contributed by atoms with E-state index in [9.17, 15) is 13.2 Å². The van der Waals surface area contributed by atoms with Crippen LogP contribution < -0.4 is 5.32 Å². The van der Waals surface area contributed by atoms with Crippen LogP contribution in [0, 0.1) is 5.92 Å². The van der Waals surface area contributed by atoms with Gasteiger partial charge in [0.15, 0.2) is 0 Å². The number of hydrogen-bond donors (Lipinski definition) is 1. The molecule has 0 heterocycles. The Labute approximate surface area is 114 Å². The maximum absolute atomic E-state index is 12.7. The van der Waals surface area contributed by atoms with Crippen molar-refractivity contribution in [3.05, 3.63) is 28.8 Å². The highest BCUT2D eigenvalue weighted by atomic mass is 35.5. The summed E-state index contributed by atoms with van der Waals surface area (Å²) in [5.41, 5.74) is -0.358. The summed E-state index contributed by atoms with van der Waals surface area (Å²) in [5, 5.41) is 3.16. The Kier molecular flexibility index (Phi) is 4.26. The van der Waals surface area contributed by atoms with E-state index in [1.807, 2.05) is 0 Å². The fourth-order valence-electron chi connectivity index (χ4n) is 2.02. The van der Waals surface area contributed by atoms with Gasteiger partial charge in [0.1, 0.15) is 0 Å². The second-order valence-electron chi connectivity index (χ2n) is 4.77. The van der Waals surface area contributed by atoms with Crippen molar-refractivity contribution < 1.29 is 17.9 Å². The molecule has 0 spiro atoms. The quantitative estimate of drug-likeness (QED) is 0.878. The Morgan fingerprint density at radius 3 is 2.58 bits per heavy atom. The number of methoxy groups -OCH3 is 1. The minimum Gasteiger partial charge on any atom is -0.383 e. The van der Waals surface area contributed by atoms with Crippen molar-refractivity contribution in [1.29, 1.82) is 0 Å². The minimum atomic E-state index is -4.39. The molecule has 1 N–H and O–H groups in total. The van der Waals surface area contributed by atoms with Crippen LogP contribution in [0.5, 0.6) is 0 Å². The highest BCUT2D eigenvalue weighted by Gasteiger charge is 2.33. The molecule has 0 saturated heterocycles. The Morgan fingerprint density at radius 2 is 2.05 bits per heavy atom. The Hall–Kier alpha value is -0.940. The zero-order chi connectivity index (χ0) is 14.0. The van der Waals surface area contributed by atoms with Gasteiger partial charge in [-0.25, -0.2) is 0 Å². The summed E-state index contributed by atoms with van der Waals surface area (Å²) in [7, 11) is 1.58. The van der Waals surface area contributed by atoms with E-state index in [0.29, 0.717) is 18.2 Å². The summed E-state index contributed by atoms with van der Waals surface area (Å²) in [6.45, 7) is 0.471. The fourth-order valence-corrected chi connectivity index (χ4v) is 2.26. The van der Waals surface area contributed by atoms with E-state index in [4.69, 9.17) is 16.3 Å². The molecule has 0 aliphatic heterocycles. The van der Waals surface area contributed by atoms with E-state index >= 15 is 0 Å². The molecule has 6 heteroatoms. The second-order valence-corrected chi connectivity index (χ2v) is 5.21. The summed E-state index contributed by atoms with van der Waals surface area (Å²) in [6, 6.07) is 3.54. The first-order chi connectivity index (χ1) is 8.90. The molecular weight excluding hydrogens is 279 g/mol. The van der Waals surface area contributed by atoms with E-state index in [-0.39, 0.29) is 11.1 Å². The standard InChI is InChI=1S/C13H15ClF3NO/c1-19-7-12(8-2-3-8)18-11-5-9(13(15,16)17)4-10(14)6-11/h4-6,8,12,18H,2-3,7H2,1H3. The Bertz CT molecular complexity index is 446. The van der Waals surface area contributed by atoms with Gasteiger partial charge in [-0.3, -0.25) is 0 Å². The fraction of sp³-hybridized carbons (Fsp3) is 0.538. The largest absolute Gasteiger partial charge is 0.416 e. The number of ether oxygens (including phenoxy) is 1. The lowest BCUT2D eigenvalue weighted by atomic mass is 10.1. The maximum atomic E-state index is 12.7. The van der Waals surface area contributed by atoms with Crippen LogP contribution in [0.25, 0.3) is 0 Å². The maximum Gasteiger partial charge on any atom is 0.416 e. The van der Waals surface area contributed by atoms with Crippen LogP contribution in [0.2, 0.25) is 5.02 Å². The number of halogens is 4. The van der Waals surface area contributed by atoms with Crippen LogP contribution in [-0.2, 0) is 10.9 Å². The molecule has 1 aliphatic carbocycles. The van der Waals surface area contributed by atoms with Crippen molar-refractivity contribution in [2.24, 2.45) is 5.92 Å². The van der Waals surface area contributed by atoms with E-state index < -0.39 is 11.7 Å². The molecule has 0 bridgehead atoms. The van der Waals surface area contributed by atoms with Crippen LogP contribution in [-0.4, -0.2) is 19.8 Å². The Morgan fingerprint density at radius 1 is 1.37 bits per heavy atom. The molecule has 1 aliphatic rings. The van der Waals surface area contributed by atoms with Crippen LogP contribution in [0.15, 0.2) is 18.2 Å². The lowest BCUT2D eigenvalue weighted by Gasteiger charge is -2.20. The first-order valence-electron chi connectivity index (χ1n) is 6.03. The van der Waals surface area contributed by atoms with Crippen LogP contribution in [0.4, 0.5) is 18.9 Å². The van der Waals surface area contributed by atoms with Crippen LogP contribution >= 0.6 is 11.6 Å². The molecule has 0 amide bonds. The highest BCUT2D eigenvalue weighted by molar-refractivity contribution is 6.30. The summed E-state index contributed by atoms with van der Waals surface area (Å²) in [6.07, 6.45) is -2.24. The van der Waals surface area contributed by atoms with Gasteiger partial charge >= 0.3 is 6.18 Å². The highest BCUT2D eigenvalue weighted by Crippen LogP contribution is 2.37. The lowest BCUT2D eigenvalue weighted by Crippen LogP contribution is -2.27. The molecule has 1 aromatic carbocycles. The van der Waals surface area contributed by atoms with Gasteiger partial charge in [-0.1, -0.05) is 11.6 Å². The van der Waals surface area contributed by atoms with Gasteiger partial charge in [0.25, 0.3) is 0 Å². The van der Waals surface area contributed by atoms with Gasteiger partial charge in [0.2, 0.25) is 0 Å². The second kappa shape index (κ2) is 5.59. The van der Waals surface area contributed by atoms with Crippen molar-refractivity contribution in [3.8, 4) is 0 Å². The zero-order valence-corrected chi connectivity index (χ0v) is 11.2. The first-order valence-corrected chi connectivity index (χ1v) is 6.41. The Balaban J connectivity index is 2.17. The van der Waals surface area contributed by atoms with Gasteiger partial charge in [-0.2, -0.15) is 13.2 Å². The monoisotopic (exact) mass is 293 g/mol. The number of alkyl halides is 3. The number of benzene rings is 1. The normalized spacial score (nSPS) is 17.3. The predicted molar refractivity (Wildman–Crippen MR) is 68.5 cm³/mol. The lowest BCUT2D eigenvalue weighted by molar-refractivity contribution is -0.137. The summed E-state index contributed by atoms with van der Waals surface area (Å²) in [5.74, 6) is 0.466. The average Bonchev–Trinajstić information content (AvgIpc) is 3.10. The number of anilines is 1. The van der Waals surface area contributed by atoms with Gasteiger partial charge in [-0.15, -0.1) is 0 Å². The minimum absolute atomic E-state index is 0.0320. The van der Waals surface area contributed by atoms with E-state index in [2.05, 4.69) is 5.32 Å². The third-order valence-corrected chi connectivity index (χ3v) is 3.33. The summed E-state index contributed by atoms with van der Waals surface area (Å²) >= 11 is 5.74. The number of hydrogen-bond acceptors (Lipinski definition) is 2.